The topological polar surface area (TPSA) is 66.4 Å². The number of nitrogens with one attached hydrogen (secondary N) is 1. The third-order valence-electron chi connectivity index (χ3n) is 5.40. The number of hydrogen-bond acceptors (Lipinski definition) is 4. The zero-order valence-electron chi connectivity index (χ0n) is 16.0. The zero-order valence-corrected chi connectivity index (χ0v) is 17.6. The lowest BCUT2D eigenvalue weighted by Crippen LogP contribution is -2.54. The zero-order chi connectivity index (χ0) is 23.3. The Labute approximate surface area is 184 Å². The molecule has 1 aliphatic heterocycles. The van der Waals surface area contributed by atoms with Crippen LogP contribution in [0.3, 0.4) is 0 Å². The van der Waals surface area contributed by atoms with E-state index in [9.17, 15) is 44.3 Å². The van der Waals surface area contributed by atoms with Gasteiger partial charge in [-0.25, -0.2) is 12.8 Å². The highest BCUT2D eigenvalue weighted by Crippen LogP contribution is 2.50. The number of alkyl halides is 6. The average Bonchev–Trinajstić information content (AvgIpc) is 3.18. The lowest BCUT2D eigenvalue weighted by atomic mass is 9.89. The predicted molar refractivity (Wildman–Crippen MR) is 102 cm³/mol. The maximum absolute atomic E-state index is 13.3. The summed E-state index contributed by atoms with van der Waals surface area (Å²) < 4.78 is 117. The molecule has 3 rings (SSSR count). The second-order valence-electron chi connectivity index (χ2n) is 7.16. The number of halogens is 8. The average molecular weight is 508 g/mol. The van der Waals surface area contributed by atoms with E-state index in [2.05, 4.69) is 5.32 Å². The van der Waals surface area contributed by atoms with Crippen LogP contribution in [0.25, 0.3) is 0 Å². The second kappa shape index (κ2) is 8.47. The van der Waals surface area contributed by atoms with E-state index in [-0.39, 0.29) is 42.4 Å². The molecule has 2 aromatic rings. The Balaban J connectivity index is 0.00000363. The van der Waals surface area contributed by atoms with Gasteiger partial charge in [-0.1, -0.05) is 24.3 Å². The van der Waals surface area contributed by atoms with Crippen molar-refractivity contribution in [2.24, 2.45) is 0 Å². The third kappa shape index (κ3) is 3.97. The molecular formula is C19H17ClF7NO3S. The number of benzene rings is 2. The SMILES string of the molecule is Cl.O=S(=O)(c1ccc(F)cc1)[C@@]1(c2ccc(C(O)(C(F)(F)F)C(F)(F)F)cc2)CCNC1. The first-order valence-electron chi connectivity index (χ1n) is 8.85. The van der Waals surface area contributed by atoms with Gasteiger partial charge < -0.3 is 10.4 Å². The van der Waals surface area contributed by atoms with Crippen molar-refractivity contribution in [3.05, 3.63) is 65.5 Å². The van der Waals surface area contributed by atoms with Crippen LogP contribution in [0, 0.1) is 5.82 Å². The summed E-state index contributed by atoms with van der Waals surface area (Å²) in [7, 11) is -4.21. The number of rotatable bonds is 4. The van der Waals surface area contributed by atoms with Gasteiger partial charge in [-0.15, -0.1) is 12.4 Å². The Morgan fingerprint density at radius 1 is 0.875 bits per heavy atom. The number of sulfone groups is 1. The lowest BCUT2D eigenvalue weighted by Gasteiger charge is -2.33. The van der Waals surface area contributed by atoms with E-state index in [1.165, 1.54) is 0 Å². The molecule has 0 saturated carbocycles. The number of aliphatic hydroxyl groups is 1. The minimum absolute atomic E-state index is 0. The molecule has 0 aromatic heterocycles. The van der Waals surface area contributed by atoms with Crippen LogP contribution in [-0.4, -0.2) is 39.0 Å². The molecule has 0 bridgehead atoms. The molecule has 178 valence electrons. The van der Waals surface area contributed by atoms with E-state index in [0.29, 0.717) is 12.1 Å². The van der Waals surface area contributed by atoms with E-state index in [1.807, 2.05) is 0 Å². The van der Waals surface area contributed by atoms with Gasteiger partial charge >= 0.3 is 12.4 Å². The molecular weight excluding hydrogens is 491 g/mol. The van der Waals surface area contributed by atoms with Gasteiger partial charge in [0.1, 0.15) is 10.6 Å². The van der Waals surface area contributed by atoms with Crippen LogP contribution in [0.5, 0.6) is 0 Å². The van der Waals surface area contributed by atoms with Crippen LogP contribution in [-0.2, 0) is 20.2 Å². The smallest absolute Gasteiger partial charge is 0.369 e. The Kier molecular flexibility index (Phi) is 6.98. The highest BCUT2D eigenvalue weighted by Gasteiger charge is 2.71. The molecule has 2 N–H and O–H groups in total. The summed E-state index contributed by atoms with van der Waals surface area (Å²) in [5.41, 5.74) is -6.66. The van der Waals surface area contributed by atoms with Gasteiger partial charge in [-0.05, 0) is 42.8 Å². The Bertz CT molecular complexity index is 1030. The molecule has 32 heavy (non-hydrogen) atoms. The summed E-state index contributed by atoms with van der Waals surface area (Å²) >= 11 is 0. The van der Waals surface area contributed by atoms with Gasteiger partial charge in [0.15, 0.2) is 9.84 Å². The summed E-state index contributed by atoms with van der Waals surface area (Å²) in [5, 5.41) is 12.4. The van der Waals surface area contributed by atoms with E-state index in [1.54, 1.807) is 0 Å². The Morgan fingerprint density at radius 3 is 1.78 bits per heavy atom. The first kappa shape index (κ1) is 26.4. The van der Waals surface area contributed by atoms with Crippen LogP contribution in [0.2, 0.25) is 0 Å². The van der Waals surface area contributed by atoms with Crippen molar-refractivity contribution < 1.29 is 44.3 Å². The Hall–Kier alpha value is -1.89. The van der Waals surface area contributed by atoms with E-state index in [0.717, 1.165) is 36.4 Å². The first-order chi connectivity index (χ1) is 14.2. The van der Waals surface area contributed by atoms with E-state index < -0.39 is 43.9 Å². The van der Waals surface area contributed by atoms with Crippen LogP contribution in [0.1, 0.15) is 17.5 Å². The predicted octanol–water partition coefficient (Wildman–Crippen LogP) is 4.22. The summed E-state index contributed by atoms with van der Waals surface area (Å²) in [5.74, 6) is -0.680. The maximum atomic E-state index is 13.3. The second-order valence-corrected chi connectivity index (χ2v) is 9.42. The van der Waals surface area contributed by atoms with Gasteiger partial charge in [0.2, 0.25) is 0 Å². The fourth-order valence-electron chi connectivity index (χ4n) is 3.64. The lowest BCUT2D eigenvalue weighted by molar-refractivity contribution is -0.376. The molecule has 0 amide bonds. The highest BCUT2D eigenvalue weighted by molar-refractivity contribution is 7.92. The summed E-state index contributed by atoms with van der Waals surface area (Å²) in [6, 6.07) is 6.40. The molecule has 1 atom stereocenters. The highest BCUT2D eigenvalue weighted by atomic mass is 35.5. The van der Waals surface area contributed by atoms with Crippen molar-refractivity contribution in [3.63, 3.8) is 0 Å². The van der Waals surface area contributed by atoms with Gasteiger partial charge in [0.25, 0.3) is 5.60 Å². The van der Waals surface area contributed by atoms with E-state index >= 15 is 0 Å². The van der Waals surface area contributed by atoms with Gasteiger partial charge in [-0.2, -0.15) is 26.3 Å². The normalized spacial score (nSPS) is 20.1. The third-order valence-corrected chi connectivity index (χ3v) is 7.91. The van der Waals surface area contributed by atoms with E-state index in [4.69, 9.17) is 0 Å². The van der Waals surface area contributed by atoms with Crippen LogP contribution in [0.4, 0.5) is 30.7 Å². The molecule has 0 unspecified atom stereocenters. The number of hydrogen-bond donors (Lipinski definition) is 2. The van der Waals surface area contributed by atoms with Crippen molar-refractivity contribution in [2.45, 2.75) is 34.0 Å². The molecule has 0 spiro atoms. The van der Waals surface area contributed by atoms with Crippen molar-refractivity contribution >= 4 is 22.2 Å². The standard InChI is InChI=1S/C19H16F7NO3S.ClH/c20-14-5-7-15(8-6-14)31(29,30)16(9-10-27-11-16)12-1-3-13(4-2-12)17(28,18(21,22)23)19(24,25)26;/h1-8,27-28H,9-11H2;1H/t16-;/m0./s1. The van der Waals surface area contributed by atoms with Gasteiger partial charge in [0, 0.05) is 12.1 Å². The molecule has 1 aliphatic rings. The van der Waals surface area contributed by atoms with Crippen LogP contribution in [0.15, 0.2) is 53.4 Å². The molecule has 2 aromatic carbocycles. The molecule has 13 heteroatoms. The maximum Gasteiger partial charge on any atom is 0.430 e. The summed E-state index contributed by atoms with van der Waals surface area (Å²) in [6.07, 6.45) is -12.1. The fourth-order valence-corrected chi connectivity index (χ4v) is 5.70. The fraction of sp³-hybridized carbons (Fsp3) is 0.368. The molecule has 4 nitrogen and oxygen atoms in total. The van der Waals surface area contributed by atoms with Crippen molar-refractivity contribution in [3.8, 4) is 0 Å². The minimum atomic E-state index is -6.06. The molecule has 0 radical (unpaired) electrons. The molecule has 1 fully saturated rings. The van der Waals surface area contributed by atoms with Gasteiger partial charge in [-0.3, -0.25) is 0 Å². The first-order valence-corrected chi connectivity index (χ1v) is 10.3. The Morgan fingerprint density at radius 2 is 1.38 bits per heavy atom. The molecule has 0 aliphatic carbocycles. The van der Waals surface area contributed by atoms with Crippen molar-refractivity contribution in [2.75, 3.05) is 13.1 Å². The molecule has 1 heterocycles. The quantitative estimate of drug-likeness (QED) is 0.480. The largest absolute Gasteiger partial charge is 0.430 e. The minimum Gasteiger partial charge on any atom is -0.369 e. The van der Waals surface area contributed by atoms with Gasteiger partial charge in [0.05, 0.1) is 4.90 Å². The van der Waals surface area contributed by atoms with Crippen molar-refractivity contribution in [1.29, 1.82) is 0 Å². The summed E-state index contributed by atoms with van der Waals surface area (Å²) in [6.45, 7) is 0.0616. The van der Waals surface area contributed by atoms with Crippen molar-refractivity contribution in [1.82, 2.24) is 5.32 Å². The summed E-state index contributed by atoms with van der Waals surface area (Å²) in [4.78, 5) is -0.247. The van der Waals surface area contributed by atoms with Crippen LogP contribution >= 0.6 is 12.4 Å². The monoisotopic (exact) mass is 507 g/mol. The molecule has 1 saturated heterocycles. The van der Waals surface area contributed by atoms with Crippen LogP contribution < -0.4 is 5.32 Å².